The fraction of sp³-hybridized carbons (Fsp3) is 0.316. The first-order valence-corrected chi connectivity index (χ1v) is 19.2. The summed E-state index contributed by atoms with van der Waals surface area (Å²) in [6, 6.07) is 15.9. The number of aryl methyl sites for hydroxylation is 2. The van der Waals surface area contributed by atoms with E-state index in [4.69, 9.17) is 8.83 Å². The van der Waals surface area contributed by atoms with Gasteiger partial charge in [-0.2, -0.15) is 9.36 Å². The summed E-state index contributed by atoms with van der Waals surface area (Å²) in [4.78, 5) is 69.5. The summed E-state index contributed by atoms with van der Waals surface area (Å²) in [6.45, 7) is -0.0800. The van der Waals surface area contributed by atoms with Crippen molar-refractivity contribution in [2.75, 3.05) is 0 Å². The predicted molar refractivity (Wildman–Crippen MR) is 207 cm³/mol. The number of imidazole rings is 2. The first-order chi connectivity index (χ1) is 27.6. The van der Waals surface area contributed by atoms with E-state index in [-0.39, 0.29) is 54.0 Å². The van der Waals surface area contributed by atoms with E-state index in [0.717, 1.165) is 28.4 Å². The number of benzene rings is 2. The number of hydrogen-bond acceptors (Lipinski definition) is 12. The maximum absolute atomic E-state index is 13.7. The number of fused-ring (bicyclic) bond motifs is 2. The van der Waals surface area contributed by atoms with Crippen molar-refractivity contribution < 1.29 is 8.83 Å². The molecule has 10 rings (SSSR count). The highest BCUT2D eigenvalue weighted by Crippen LogP contribution is 2.45. The summed E-state index contributed by atoms with van der Waals surface area (Å²) < 4.78 is 20.7. The standard InChI is InChI=1S/C38H33BrN12O6/c1-46-17-40-32-30(46)35(52)48(18-41-32)15-28-44-50(37(54)56-28)26-11-23(12-26)20-3-5-22(6-4-20)34-43-33-31(47(34)2)36(53)49(19-42-33)16-29-45-51(38(55)57-29)27-13-24(14-27)21-7-9-25(39)10-8-21/h3-10,17-19,23-24,26-27H,11-16H2,1-2H3/t23-,24-,26-,27-. The molecule has 0 unspecified atom stereocenters. The minimum absolute atomic E-state index is 0.0305. The maximum Gasteiger partial charge on any atom is 0.437 e. The molecule has 57 heavy (non-hydrogen) atoms. The minimum Gasteiger partial charge on any atom is -0.390 e. The molecule has 0 N–H and O–H groups in total. The minimum atomic E-state index is -0.570. The number of halogens is 1. The summed E-state index contributed by atoms with van der Waals surface area (Å²) in [5.74, 6) is 0.264. The molecule has 6 heterocycles. The van der Waals surface area contributed by atoms with E-state index in [1.807, 2.05) is 36.4 Å². The van der Waals surface area contributed by atoms with Crippen LogP contribution in [-0.4, -0.2) is 57.8 Å². The van der Waals surface area contributed by atoms with Crippen molar-refractivity contribution in [1.82, 2.24) is 57.8 Å². The third kappa shape index (κ3) is 5.99. The van der Waals surface area contributed by atoms with Gasteiger partial charge in [0.2, 0.25) is 11.8 Å². The average molecular weight is 834 g/mol. The van der Waals surface area contributed by atoms with Crippen molar-refractivity contribution in [2.24, 2.45) is 14.1 Å². The molecule has 0 amide bonds. The van der Waals surface area contributed by atoms with Crippen LogP contribution in [0.1, 0.15) is 72.5 Å². The van der Waals surface area contributed by atoms with Crippen molar-refractivity contribution in [3.05, 3.63) is 137 Å². The number of hydrogen-bond donors (Lipinski definition) is 0. The monoisotopic (exact) mass is 832 g/mol. The van der Waals surface area contributed by atoms with E-state index < -0.39 is 11.5 Å². The van der Waals surface area contributed by atoms with Gasteiger partial charge < -0.3 is 18.0 Å². The van der Waals surface area contributed by atoms with Crippen LogP contribution in [0.4, 0.5) is 0 Å². The predicted octanol–water partition coefficient (Wildman–Crippen LogP) is 3.64. The van der Waals surface area contributed by atoms with Crippen molar-refractivity contribution in [1.29, 1.82) is 0 Å². The van der Waals surface area contributed by atoms with Crippen LogP contribution in [0.25, 0.3) is 33.7 Å². The van der Waals surface area contributed by atoms with Gasteiger partial charge in [0.15, 0.2) is 22.3 Å². The van der Waals surface area contributed by atoms with Gasteiger partial charge in [0.1, 0.15) is 31.6 Å². The molecule has 8 aromatic rings. The fourth-order valence-corrected chi connectivity index (χ4v) is 8.24. The lowest BCUT2D eigenvalue weighted by Crippen LogP contribution is -2.31. The lowest BCUT2D eigenvalue weighted by atomic mass is 9.76. The Hall–Kier alpha value is -6.50. The molecular formula is C38H33BrN12O6. The summed E-state index contributed by atoms with van der Waals surface area (Å²) in [7, 11) is 3.48. The van der Waals surface area contributed by atoms with Crippen molar-refractivity contribution in [2.45, 2.75) is 62.7 Å². The van der Waals surface area contributed by atoms with Gasteiger partial charge in [0.25, 0.3) is 11.1 Å². The number of nitrogens with zero attached hydrogens (tertiary/aromatic N) is 12. The highest BCUT2D eigenvalue weighted by molar-refractivity contribution is 9.10. The smallest absolute Gasteiger partial charge is 0.390 e. The van der Waals surface area contributed by atoms with Crippen molar-refractivity contribution >= 4 is 38.3 Å². The van der Waals surface area contributed by atoms with Crippen LogP contribution >= 0.6 is 15.9 Å². The van der Waals surface area contributed by atoms with Crippen LogP contribution < -0.4 is 22.6 Å². The molecule has 2 saturated carbocycles. The highest BCUT2D eigenvalue weighted by Gasteiger charge is 2.36. The third-order valence-electron chi connectivity index (χ3n) is 11.3. The molecule has 19 heteroatoms. The Balaban J connectivity index is 0.800. The van der Waals surface area contributed by atoms with Gasteiger partial charge in [-0.15, -0.1) is 10.2 Å². The number of rotatable bonds is 9. The van der Waals surface area contributed by atoms with Gasteiger partial charge in [-0.05, 0) is 60.8 Å². The van der Waals surface area contributed by atoms with Gasteiger partial charge in [-0.3, -0.25) is 18.7 Å². The number of aromatic nitrogens is 12. The molecule has 0 atom stereocenters. The van der Waals surface area contributed by atoms with E-state index in [1.165, 1.54) is 43.0 Å². The lowest BCUT2D eigenvalue weighted by molar-refractivity contribution is 0.233. The van der Waals surface area contributed by atoms with E-state index in [9.17, 15) is 19.2 Å². The van der Waals surface area contributed by atoms with Crippen molar-refractivity contribution in [3.63, 3.8) is 0 Å². The molecule has 18 nitrogen and oxygen atoms in total. The largest absolute Gasteiger partial charge is 0.437 e. The zero-order chi connectivity index (χ0) is 39.1. The normalized spacial score (nSPS) is 19.3. The zero-order valence-corrected chi connectivity index (χ0v) is 32.2. The Morgan fingerprint density at radius 2 is 1.14 bits per heavy atom. The first-order valence-electron chi connectivity index (χ1n) is 18.4. The Bertz CT molecular complexity index is 3080. The quantitative estimate of drug-likeness (QED) is 0.205. The second-order valence-corrected chi connectivity index (χ2v) is 15.7. The fourth-order valence-electron chi connectivity index (χ4n) is 7.98. The zero-order valence-electron chi connectivity index (χ0n) is 30.6. The molecule has 0 bridgehead atoms. The van der Waals surface area contributed by atoms with E-state index in [0.29, 0.717) is 46.9 Å². The summed E-state index contributed by atoms with van der Waals surface area (Å²) >= 11 is 3.47. The molecule has 6 aromatic heterocycles. The Kier molecular flexibility index (Phi) is 8.17. The SMILES string of the molecule is Cn1cnc2ncn(Cc3nn([C@H]4C[C@H](c5ccc(-c6nc7ncn(Cc8nn([C@H]9C[C@H](c%10ccc(Br)cc%10)C9)c(=O)o8)c(=O)c7n6C)cc5)C4)c(=O)o3)c(=O)c21. The molecule has 2 fully saturated rings. The summed E-state index contributed by atoms with van der Waals surface area (Å²) in [6.07, 6.45) is 7.22. The molecule has 0 saturated heterocycles. The molecule has 2 aliphatic rings. The maximum atomic E-state index is 13.7. The average Bonchev–Trinajstić information content (AvgIpc) is 3.92. The topological polar surface area (TPSA) is 201 Å². The van der Waals surface area contributed by atoms with Crippen LogP contribution in [-0.2, 0) is 27.2 Å². The molecular weight excluding hydrogens is 800 g/mol. The van der Waals surface area contributed by atoms with Crippen LogP contribution in [0, 0.1) is 0 Å². The van der Waals surface area contributed by atoms with Crippen LogP contribution in [0.15, 0.2) is 100.0 Å². The van der Waals surface area contributed by atoms with Crippen molar-refractivity contribution in [3.8, 4) is 11.4 Å². The Morgan fingerprint density at radius 3 is 1.70 bits per heavy atom. The van der Waals surface area contributed by atoms with E-state index in [2.05, 4.69) is 58.2 Å². The van der Waals surface area contributed by atoms with Gasteiger partial charge in [-0.25, -0.2) is 29.5 Å². The molecule has 0 radical (unpaired) electrons. The second-order valence-electron chi connectivity index (χ2n) is 14.8. The Labute approximate surface area is 328 Å². The second kappa shape index (κ2) is 13.3. The Morgan fingerprint density at radius 1 is 0.649 bits per heavy atom. The van der Waals surface area contributed by atoms with Gasteiger partial charge in [0.05, 0.1) is 18.4 Å². The first kappa shape index (κ1) is 35.0. The summed E-state index contributed by atoms with van der Waals surface area (Å²) in [5.41, 5.74) is 3.80. The van der Waals surface area contributed by atoms with E-state index >= 15 is 0 Å². The third-order valence-corrected chi connectivity index (χ3v) is 11.8. The molecule has 0 spiro atoms. The van der Waals surface area contributed by atoms with Gasteiger partial charge in [0, 0.05) is 24.1 Å². The molecule has 2 aromatic carbocycles. The summed E-state index contributed by atoms with van der Waals surface area (Å²) in [5, 5.41) is 8.83. The molecule has 0 aliphatic heterocycles. The molecule has 288 valence electrons. The highest BCUT2D eigenvalue weighted by atomic mass is 79.9. The van der Waals surface area contributed by atoms with Crippen LogP contribution in [0.3, 0.4) is 0 Å². The lowest BCUT2D eigenvalue weighted by Gasteiger charge is -2.34. The van der Waals surface area contributed by atoms with E-state index in [1.54, 1.807) is 23.2 Å². The van der Waals surface area contributed by atoms with Gasteiger partial charge >= 0.3 is 11.5 Å². The van der Waals surface area contributed by atoms with Gasteiger partial charge in [-0.1, -0.05) is 52.3 Å². The molecule has 2 aliphatic carbocycles. The van der Waals surface area contributed by atoms with Crippen LogP contribution in [0.2, 0.25) is 0 Å². The van der Waals surface area contributed by atoms with Crippen LogP contribution in [0.5, 0.6) is 0 Å².